The van der Waals surface area contributed by atoms with Crippen LogP contribution in [0.4, 0.5) is 4.39 Å². The number of benzene rings is 1. The first kappa shape index (κ1) is 15.2. The molecular formula is C17H22FN3O. The number of nitrogens with zero attached hydrogens (tertiary/aromatic N) is 3. The minimum atomic E-state index is -0.658. The highest BCUT2D eigenvalue weighted by Crippen LogP contribution is 2.23. The van der Waals surface area contributed by atoms with Gasteiger partial charge >= 0.3 is 0 Å². The SMILES string of the molecule is O[C@@H](CN1CCCC[C@@H]1Cn1cccn1)c1cccc(F)c1. The third-order valence-electron chi connectivity index (χ3n) is 4.35. The molecule has 1 aliphatic heterocycles. The van der Waals surface area contributed by atoms with Crippen molar-refractivity contribution in [3.05, 3.63) is 54.1 Å². The molecule has 1 fully saturated rings. The summed E-state index contributed by atoms with van der Waals surface area (Å²) in [6, 6.07) is 8.53. The van der Waals surface area contributed by atoms with Crippen molar-refractivity contribution in [2.45, 2.75) is 38.0 Å². The van der Waals surface area contributed by atoms with Gasteiger partial charge in [-0.3, -0.25) is 9.58 Å². The molecule has 1 aromatic heterocycles. The molecular weight excluding hydrogens is 281 g/mol. The number of aliphatic hydroxyl groups is 1. The number of likely N-dealkylation sites (tertiary alicyclic amines) is 1. The van der Waals surface area contributed by atoms with Crippen LogP contribution in [0.1, 0.15) is 30.9 Å². The van der Waals surface area contributed by atoms with Gasteiger partial charge in [0.15, 0.2) is 0 Å². The minimum absolute atomic E-state index is 0.303. The maximum absolute atomic E-state index is 13.3. The molecule has 3 rings (SSSR count). The molecule has 1 N–H and O–H groups in total. The summed E-state index contributed by atoms with van der Waals surface area (Å²) in [5.74, 6) is -0.303. The Morgan fingerprint density at radius 3 is 3.00 bits per heavy atom. The van der Waals surface area contributed by atoms with Crippen LogP contribution in [0.25, 0.3) is 0 Å². The van der Waals surface area contributed by atoms with E-state index in [-0.39, 0.29) is 5.82 Å². The van der Waals surface area contributed by atoms with E-state index >= 15 is 0 Å². The molecule has 1 aliphatic rings. The van der Waals surface area contributed by atoms with Gasteiger partial charge in [0.25, 0.3) is 0 Å². The quantitative estimate of drug-likeness (QED) is 0.923. The Balaban J connectivity index is 1.65. The molecule has 4 nitrogen and oxygen atoms in total. The summed E-state index contributed by atoms with van der Waals surface area (Å²) in [4.78, 5) is 2.31. The molecule has 0 radical (unpaired) electrons. The van der Waals surface area contributed by atoms with Gasteiger partial charge in [0.1, 0.15) is 5.82 Å². The van der Waals surface area contributed by atoms with Crippen molar-refractivity contribution in [3.8, 4) is 0 Å². The Bertz CT molecular complexity index is 587. The molecule has 0 unspecified atom stereocenters. The number of hydrogen-bond donors (Lipinski definition) is 1. The van der Waals surface area contributed by atoms with E-state index in [1.807, 2.05) is 16.9 Å². The largest absolute Gasteiger partial charge is 0.387 e. The summed E-state index contributed by atoms with van der Waals surface area (Å²) in [7, 11) is 0. The first-order valence-electron chi connectivity index (χ1n) is 7.87. The van der Waals surface area contributed by atoms with Gasteiger partial charge in [-0.05, 0) is 43.1 Å². The average Bonchev–Trinajstić information content (AvgIpc) is 3.02. The Labute approximate surface area is 130 Å². The summed E-state index contributed by atoms with van der Waals surface area (Å²) >= 11 is 0. The number of piperidine rings is 1. The van der Waals surface area contributed by atoms with Crippen LogP contribution in [-0.4, -0.2) is 38.9 Å². The second-order valence-corrected chi connectivity index (χ2v) is 5.94. The van der Waals surface area contributed by atoms with Crippen LogP contribution in [0.15, 0.2) is 42.7 Å². The van der Waals surface area contributed by atoms with Gasteiger partial charge < -0.3 is 5.11 Å². The van der Waals surface area contributed by atoms with Crippen LogP contribution in [0, 0.1) is 5.82 Å². The topological polar surface area (TPSA) is 41.3 Å². The summed E-state index contributed by atoms with van der Waals surface area (Å²) in [6.07, 6.45) is 6.55. The summed E-state index contributed by atoms with van der Waals surface area (Å²) in [6.45, 7) is 2.34. The summed E-state index contributed by atoms with van der Waals surface area (Å²) in [5.41, 5.74) is 0.642. The van der Waals surface area contributed by atoms with Crippen LogP contribution in [0.2, 0.25) is 0 Å². The van der Waals surface area contributed by atoms with Crippen molar-refractivity contribution in [1.82, 2.24) is 14.7 Å². The monoisotopic (exact) mass is 303 g/mol. The van der Waals surface area contributed by atoms with Crippen molar-refractivity contribution in [2.75, 3.05) is 13.1 Å². The maximum Gasteiger partial charge on any atom is 0.123 e. The summed E-state index contributed by atoms with van der Waals surface area (Å²) < 4.78 is 15.2. The summed E-state index contributed by atoms with van der Waals surface area (Å²) in [5, 5.41) is 14.7. The van der Waals surface area contributed by atoms with Crippen LogP contribution in [0.3, 0.4) is 0 Å². The Kier molecular flexibility index (Phi) is 4.85. The standard InChI is InChI=1S/C17H22FN3O/c18-15-6-3-5-14(11-15)17(22)13-20-9-2-1-7-16(20)12-21-10-4-8-19-21/h3-6,8,10-11,16-17,22H,1-2,7,9,12-13H2/t16-,17+/m1/s1. The van der Waals surface area contributed by atoms with E-state index in [2.05, 4.69) is 10.00 Å². The number of hydrogen-bond acceptors (Lipinski definition) is 3. The van der Waals surface area contributed by atoms with Gasteiger partial charge in [-0.15, -0.1) is 0 Å². The number of rotatable bonds is 5. The van der Waals surface area contributed by atoms with E-state index < -0.39 is 6.10 Å². The van der Waals surface area contributed by atoms with Crippen LogP contribution < -0.4 is 0 Å². The number of β-amino-alcohol motifs (C(OH)–C–C–N with tert-alkyl or cyclic N) is 1. The molecule has 0 spiro atoms. The lowest BCUT2D eigenvalue weighted by molar-refractivity contribution is 0.0590. The fourth-order valence-electron chi connectivity index (χ4n) is 3.17. The highest BCUT2D eigenvalue weighted by molar-refractivity contribution is 5.19. The van der Waals surface area contributed by atoms with E-state index in [1.54, 1.807) is 18.3 Å². The molecule has 0 amide bonds. The van der Waals surface area contributed by atoms with Crippen LogP contribution in [-0.2, 0) is 6.54 Å². The third-order valence-corrected chi connectivity index (χ3v) is 4.35. The molecule has 0 bridgehead atoms. The van der Waals surface area contributed by atoms with Crippen molar-refractivity contribution in [3.63, 3.8) is 0 Å². The molecule has 0 saturated carbocycles. The van der Waals surface area contributed by atoms with Crippen LogP contribution >= 0.6 is 0 Å². The average molecular weight is 303 g/mol. The zero-order valence-corrected chi connectivity index (χ0v) is 12.6. The molecule has 1 saturated heterocycles. The molecule has 2 aromatic rings. The fourth-order valence-corrected chi connectivity index (χ4v) is 3.17. The van der Waals surface area contributed by atoms with Crippen LogP contribution in [0.5, 0.6) is 0 Å². The molecule has 118 valence electrons. The third kappa shape index (κ3) is 3.72. The second kappa shape index (κ2) is 7.03. The molecule has 5 heteroatoms. The van der Waals surface area contributed by atoms with Crippen molar-refractivity contribution < 1.29 is 9.50 Å². The van der Waals surface area contributed by atoms with Gasteiger partial charge in [-0.2, -0.15) is 5.10 Å². The lowest BCUT2D eigenvalue weighted by Gasteiger charge is -2.36. The number of aliphatic hydroxyl groups excluding tert-OH is 1. The Hall–Kier alpha value is -1.72. The normalized spacial score (nSPS) is 20.9. The van der Waals surface area contributed by atoms with Gasteiger partial charge in [-0.1, -0.05) is 18.6 Å². The second-order valence-electron chi connectivity index (χ2n) is 5.94. The van der Waals surface area contributed by atoms with E-state index in [9.17, 15) is 9.50 Å². The number of halogens is 1. The molecule has 2 atom stereocenters. The predicted octanol–water partition coefficient (Wildman–Crippen LogP) is 2.61. The molecule has 1 aromatic carbocycles. The maximum atomic E-state index is 13.3. The highest BCUT2D eigenvalue weighted by atomic mass is 19.1. The smallest absolute Gasteiger partial charge is 0.123 e. The van der Waals surface area contributed by atoms with E-state index in [1.165, 1.54) is 18.6 Å². The zero-order chi connectivity index (χ0) is 15.4. The first-order valence-corrected chi connectivity index (χ1v) is 7.87. The fraction of sp³-hybridized carbons (Fsp3) is 0.471. The van der Waals surface area contributed by atoms with Gasteiger partial charge in [0.05, 0.1) is 12.6 Å². The minimum Gasteiger partial charge on any atom is -0.387 e. The van der Waals surface area contributed by atoms with Gasteiger partial charge in [0, 0.05) is 25.0 Å². The highest BCUT2D eigenvalue weighted by Gasteiger charge is 2.25. The lowest BCUT2D eigenvalue weighted by Crippen LogP contribution is -2.44. The van der Waals surface area contributed by atoms with Gasteiger partial charge in [0.2, 0.25) is 0 Å². The number of aromatic nitrogens is 2. The van der Waals surface area contributed by atoms with E-state index in [0.717, 1.165) is 25.9 Å². The van der Waals surface area contributed by atoms with Crippen molar-refractivity contribution >= 4 is 0 Å². The van der Waals surface area contributed by atoms with Gasteiger partial charge in [-0.25, -0.2) is 4.39 Å². The Morgan fingerprint density at radius 2 is 2.23 bits per heavy atom. The Morgan fingerprint density at radius 1 is 1.32 bits per heavy atom. The van der Waals surface area contributed by atoms with Crippen molar-refractivity contribution in [1.29, 1.82) is 0 Å². The first-order chi connectivity index (χ1) is 10.7. The molecule has 22 heavy (non-hydrogen) atoms. The lowest BCUT2D eigenvalue weighted by atomic mass is 10.00. The van der Waals surface area contributed by atoms with E-state index in [0.29, 0.717) is 18.2 Å². The zero-order valence-electron chi connectivity index (χ0n) is 12.6. The molecule has 2 heterocycles. The van der Waals surface area contributed by atoms with E-state index in [4.69, 9.17) is 0 Å². The molecule has 0 aliphatic carbocycles. The predicted molar refractivity (Wildman–Crippen MR) is 82.8 cm³/mol. The van der Waals surface area contributed by atoms with Crippen molar-refractivity contribution in [2.24, 2.45) is 0 Å².